The van der Waals surface area contributed by atoms with Crippen LogP contribution < -0.4 is 27.0 Å². The molecule has 0 bridgehead atoms. The molecular formula is C106H108Cl2N16O13. The summed E-state index contributed by atoms with van der Waals surface area (Å²) in [5, 5.41) is 22.3. The number of Topliss-reactive ketones (excluding diaryl/α,β-unsaturated/α-hetero) is 3. The molecule has 0 radical (unpaired) electrons. The van der Waals surface area contributed by atoms with Gasteiger partial charge < -0.3 is 24.1 Å². The summed E-state index contributed by atoms with van der Waals surface area (Å²) in [4.78, 5) is 140. The fraction of sp³-hybridized carbons (Fsp3) is 0.321. The van der Waals surface area contributed by atoms with Crippen LogP contribution in [-0.2, 0) is 75.2 Å². The van der Waals surface area contributed by atoms with Crippen LogP contribution in [0.25, 0.3) is 68.7 Å². The van der Waals surface area contributed by atoms with Crippen molar-refractivity contribution in [3.8, 4) is 51.3 Å². The average molecular weight is 1900 g/mol. The molecule has 4 unspecified atom stereocenters. The molecule has 3 fully saturated rings. The number of ketones is 3. The van der Waals surface area contributed by atoms with E-state index in [2.05, 4.69) is 96.2 Å². The molecule has 16 aromatic rings. The summed E-state index contributed by atoms with van der Waals surface area (Å²) >= 11 is 12.7. The van der Waals surface area contributed by atoms with E-state index in [1.807, 2.05) is 116 Å². The lowest BCUT2D eigenvalue weighted by atomic mass is 9.61. The first-order valence-electron chi connectivity index (χ1n) is 52.5. The first-order chi connectivity index (χ1) is 72.1. The van der Waals surface area contributed by atoms with Gasteiger partial charge in [-0.25, -0.2) is 24.7 Å². The number of hydrogen-bond acceptors (Lipinski definition) is 20. The summed E-state index contributed by atoms with van der Waals surface area (Å²) in [5.74, 6) is -1.99. The molecule has 4 atom stereocenters. The van der Waals surface area contributed by atoms with Crippen LogP contribution in [0.3, 0.4) is 0 Å². The Morgan fingerprint density at radius 3 is 1.12 bits per heavy atom. The van der Waals surface area contributed by atoms with Crippen molar-refractivity contribution in [1.82, 2.24) is 78.3 Å². The van der Waals surface area contributed by atoms with E-state index in [9.17, 15) is 43.5 Å². The van der Waals surface area contributed by atoms with E-state index in [1.165, 1.54) is 38.7 Å². The number of carboxylic acid groups (broad SMARTS) is 1. The number of carbonyl (C=O) groups excluding carboxylic acids is 3. The van der Waals surface area contributed by atoms with Crippen molar-refractivity contribution in [2.45, 2.75) is 196 Å². The minimum atomic E-state index is -3.92. The summed E-state index contributed by atoms with van der Waals surface area (Å²) in [6, 6.07) is 71.6. The number of H-pyrrole nitrogens is 4. The molecule has 0 aliphatic heterocycles. The number of aromatic nitrogens is 16. The van der Waals surface area contributed by atoms with Gasteiger partial charge in [0.2, 0.25) is 0 Å². The molecule has 0 saturated heterocycles. The van der Waals surface area contributed by atoms with E-state index in [0.29, 0.717) is 63.8 Å². The highest BCUT2D eigenvalue weighted by Gasteiger charge is 2.48. The second-order valence-electron chi connectivity index (χ2n) is 35.2. The highest BCUT2D eigenvalue weighted by Crippen LogP contribution is 2.54. The summed E-state index contributed by atoms with van der Waals surface area (Å²) in [7, 11) is -5.55. The number of nitrogens with one attached hydrogen (secondary N) is 4. The second kappa shape index (κ2) is 40.4. The lowest BCUT2D eigenvalue weighted by molar-refractivity contribution is -0.160. The Morgan fingerprint density at radius 2 is 0.759 bits per heavy atom. The number of hydrogen-bond donors (Lipinski definition) is 5. The summed E-state index contributed by atoms with van der Waals surface area (Å²) in [6.07, 6.45) is 2.81. The van der Waals surface area contributed by atoms with Gasteiger partial charge in [-0.3, -0.25) is 54.0 Å². The van der Waals surface area contributed by atoms with Crippen LogP contribution in [0, 0.1) is 13.8 Å². The molecule has 5 N–H and O–H groups in total. The van der Waals surface area contributed by atoms with Gasteiger partial charge in [0.15, 0.2) is 51.8 Å². The van der Waals surface area contributed by atoms with Crippen molar-refractivity contribution in [1.29, 1.82) is 0 Å². The van der Waals surface area contributed by atoms with Gasteiger partial charge in [0, 0.05) is 136 Å². The minimum Gasteiger partial charge on any atom is -0.479 e. The standard InChI is InChI=1S/C32H28Cl2N4O3.2C29H32N4O3.C16H16N4O4/c1-31(41-24-11-7-10-22(33)18-24,27(39)14-15-32(16-17-32)25-12-5-6-13-26(25)34)20-23-19-28(40)38-30(35-23)36-29(37-38)21-8-3-2-4-9-21;2*1-20-10-12-22(13-11-20)29(15-7-16-29)17-14-24(34)28(2,36-3)19-23-18-25(35)33-27(30-23)31-26(32-33)21-8-5-4-6-9-21;1-16(24-2,14(22)23)9-11-8-12(21)20-15(17-11)18-13(19-20)10-6-4-3-5-7-10/h2-13,18-19H,14-17,20H2,1H3,(H,35,36,37);2*4-6,8-13,18H,7,14-17,19H2,1-3H3,(H,30,31,32);3-8H,9H2,1-2H3,(H,22,23)(H,17,18,19)/i;2D3,3D3,19D2;;1D3,2D3,9D2. The molecule has 3 saturated carbocycles. The van der Waals surface area contributed by atoms with Crippen molar-refractivity contribution < 1.29 is 65.2 Å². The normalized spacial score (nSPS) is 17.9. The van der Waals surface area contributed by atoms with Crippen LogP contribution in [0.2, 0.25) is 10.0 Å². The number of carbonyl (C=O) groups is 4. The lowest BCUT2D eigenvalue weighted by Gasteiger charge is -2.43. The third-order valence-electron chi connectivity index (χ3n) is 25.8. The Bertz CT molecular complexity index is 8060. The third-order valence-corrected chi connectivity index (χ3v) is 26.3. The van der Waals surface area contributed by atoms with Gasteiger partial charge in [0.1, 0.15) is 17.0 Å². The van der Waals surface area contributed by atoms with Gasteiger partial charge >= 0.3 is 5.97 Å². The number of methoxy groups -OCH3 is 3. The maximum Gasteiger partial charge on any atom is 0.336 e. The Balaban J connectivity index is 0.000000146. The Hall–Kier alpha value is -14.1. The number of aromatic amines is 4. The SMILES string of the molecule is CC(Cc1cc(=O)n2[nH]c(-c3ccccc3)nc2n1)(Oc1cccc(Cl)c1)C(=O)CCC1(c2ccccc2Cl)CC1.COC(C)(Cc1cc(=O)n2[nH]c(-c3ccccc3)nc2n1)C(=O)CCC1(c2ccc(C)cc2)CCC1.[2H]C([2H])([2H])OC(C(=O)CCC1(c2ccc(C)cc2)CCC1)(C([2H])([2H])[2H])C([2H])([2H])c1cc(=O)n2[nH]c(-c3ccccc3)nc2n1.[2H]C([2H])([2H])OC(C(=O)O)(C([2H])([2H])[2H])C([2H])([2H])c1cc(=O)n2[nH]c(-c3ccccc3)nc2n1. The van der Waals surface area contributed by atoms with Crippen molar-refractivity contribution >= 4 is 69.6 Å². The van der Waals surface area contributed by atoms with Crippen molar-refractivity contribution in [3.05, 3.63) is 345 Å². The summed E-state index contributed by atoms with van der Waals surface area (Å²) in [5.41, 5.74) is -5.09. The zero-order chi connectivity index (χ0) is 110. The minimum absolute atomic E-state index is 0.0254. The summed E-state index contributed by atoms with van der Waals surface area (Å²) in [6.45, 7) is 0.138. The first-order valence-corrected chi connectivity index (χ1v) is 45.2. The molecule has 0 amide bonds. The van der Waals surface area contributed by atoms with Crippen LogP contribution >= 0.6 is 23.2 Å². The van der Waals surface area contributed by atoms with Crippen molar-refractivity contribution in [2.24, 2.45) is 0 Å². The third kappa shape index (κ3) is 21.4. The number of aryl methyl sites for hydroxylation is 2. The van der Waals surface area contributed by atoms with Crippen LogP contribution in [0.15, 0.2) is 262 Å². The zero-order valence-electron chi connectivity index (χ0n) is 91.4. The molecule has 31 heteroatoms. The molecular weight excluding hydrogens is 1780 g/mol. The number of rotatable bonds is 33. The van der Waals surface area contributed by atoms with E-state index >= 15 is 0 Å². The predicted octanol–water partition coefficient (Wildman–Crippen LogP) is 17.6. The van der Waals surface area contributed by atoms with Crippen LogP contribution in [0.5, 0.6) is 5.75 Å². The average Bonchev–Trinajstić information content (AvgIpc) is 1.25. The molecule has 19 rings (SSSR count). The van der Waals surface area contributed by atoms with Crippen LogP contribution in [-0.4, -0.2) is 150 Å². The number of carboxylic acids is 1. The van der Waals surface area contributed by atoms with Gasteiger partial charge in [-0.1, -0.05) is 241 Å². The molecule has 704 valence electrons. The molecule has 8 aromatic heterocycles. The zero-order valence-corrected chi connectivity index (χ0v) is 76.9. The number of halogens is 2. The number of ether oxygens (including phenoxy) is 4. The Labute approximate surface area is 822 Å². The van der Waals surface area contributed by atoms with Gasteiger partial charge in [-0.05, 0) is 156 Å². The quantitative estimate of drug-likeness (QED) is 0.0255. The van der Waals surface area contributed by atoms with E-state index in [0.717, 1.165) is 99.3 Å². The summed E-state index contributed by atoms with van der Waals surface area (Å²) < 4.78 is 153. The predicted molar refractivity (Wildman–Crippen MR) is 524 cm³/mol. The fourth-order valence-electron chi connectivity index (χ4n) is 17.3. The maximum atomic E-state index is 14.1. The van der Waals surface area contributed by atoms with Crippen molar-refractivity contribution in [2.75, 3.05) is 21.2 Å². The fourth-order valence-corrected chi connectivity index (χ4v) is 17.8. The molecule has 0 spiro atoms. The lowest BCUT2D eigenvalue weighted by Crippen LogP contribution is -2.44. The highest BCUT2D eigenvalue weighted by molar-refractivity contribution is 6.31. The molecule has 137 heavy (non-hydrogen) atoms. The van der Waals surface area contributed by atoms with Gasteiger partial charge in [0.05, 0.1) is 31.0 Å². The van der Waals surface area contributed by atoms with Gasteiger partial charge in [-0.2, -0.15) is 38.0 Å². The molecule has 8 heterocycles. The number of nitrogens with zero attached hydrogens (tertiary/aromatic N) is 12. The molecule has 29 nitrogen and oxygen atoms in total. The first kappa shape index (κ1) is 77.1. The monoisotopic (exact) mass is 1900 g/mol. The maximum absolute atomic E-state index is 14.1. The second-order valence-corrected chi connectivity index (χ2v) is 36.0. The number of fused-ring (bicyclic) bond motifs is 4. The molecule has 3 aliphatic rings. The Kier molecular flexibility index (Phi) is 22.8. The molecule has 8 aromatic carbocycles. The Morgan fingerprint density at radius 1 is 0.409 bits per heavy atom. The number of benzene rings is 8. The van der Waals surface area contributed by atoms with E-state index < -0.39 is 115 Å². The van der Waals surface area contributed by atoms with E-state index in [1.54, 1.807) is 106 Å². The molecule has 3 aliphatic carbocycles. The van der Waals surface area contributed by atoms with Gasteiger partial charge in [-0.15, -0.1) is 0 Å². The smallest absolute Gasteiger partial charge is 0.336 e. The number of aliphatic carboxylic acids is 1. The van der Waals surface area contributed by atoms with Crippen molar-refractivity contribution in [3.63, 3.8) is 0 Å². The highest BCUT2D eigenvalue weighted by atomic mass is 35.5. The van der Waals surface area contributed by atoms with Crippen LogP contribution in [0.1, 0.15) is 190 Å². The van der Waals surface area contributed by atoms with Crippen LogP contribution in [0.4, 0.5) is 0 Å². The van der Waals surface area contributed by atoms with Gasteiger partial charge in [0.25, 0.3) is 45.3 Å². The largest absolute Gasteiger partial charge is 0.479 e. The topological polar surface area (TPSA) is 378 Å². The van der Waals surface area contributed by atoms with E-state index in [4.69, 9.17) is 59.3 Å². The van der Waals surface area contributed by atoms with E-state index in [-0.39, 0.29) is 88.2 Å².